The molecule has 0 radical (unpaired) electrons. The van der Waals surface area contributed by atoms with Gasteiger partial charge in [0.15, 0.2) is 20.5 Å². The van der Waals surface area contributed by atoms with E-state index in [2.05, 4.69) is 72.8 Å². The van der Waals surface area contributed by atoms with Gasteiger partial charge in [-0.05, 0) is 96.8 Å². The molecule has 12 heteroatoms. The van der Waals surface area contributed by atoms with E-state index in [4.69, 9.17) is 0 Å². The van der Waals surface area contributed by atoms with E-state index < -0.39 is 7.81 Å². The summed E-state index contributed by atoms with van der Waals surface area (Å²) in [4.78, 5) is 18.6. The molecular formula is C35H31F6O3PS2. The molecule has 0 saturated carbocycles. The smallest absolute Gasteiger partial charge is 0.193 e. The van der Waals surface area contributed by atoms with Crippen LogP contribution in [0.5, 0.6) is 0 Å². The fraction of sp³-hybridized carbons (Fsp3) is 0.114. The molecule has 0 spiro atoms. The molecule has 3 nitrogen and oxygen atoms in total. The molecule has 5 rings (SSSR count). The van der Waals surface area contributed by atoms with Gasteiger partial charge in [0.05, 0.1) is 10.9 Å². The number of carbonyl (C=O) groups excluding carboxylic acids is 1. The standard InChI is InChI=1S/C35H31O3S2.F6P/c36-24-22-26-6-16-32(17-7-26)40(33-18-8-27(9-19-33)23-25-37)34-20-14-31(15-21-34)39-30-12-10-29(11-13-30)35(38)28-4-2-1-3-5-28;1-7(2,3,4,5)6/h1-21,36-37H,22-25H2;/q+1;-1. The Kier molecular flexibility index (Phi) is 11.3. The second-order valence-electron chi connectivity index (χ2n) is 10.3. The molecule has 0 aliphatic heterocycles. The molecule has 5 aromatic rings. The minimum absolute atomic E-state index is 0.0299. The van der Waals surface area contributed by atoms with Gasteiger partial charge in [0, 0.05) is 34.1 Å². The first kappa shape index (κ1) is 36.2. The summed E-state index contributed by atoms with van der Waals surface area (Å²) in [5.74, 6) is 0.0299. The summed E-state index contributed by atoms with van der Waals surface area (Å²) in [5.41, 5.74) is 3.62. The minimum Gasteiger partial charge on any atom is -0.396 e. The van der Waals surface area contributed by atoms with E-state index in [9.17, 15) is 40.2 Å². The van der Waals surface area contributed by atoms with E-state index in [0.717, 1.165) is 20.9 Å². The number of aliphatic hydroxyl groups is 2. The summed E-state index contributed by atoms with van der Waals surface area (Å²) in [6.07, 6.45) is 1.30. The molecule has 0 amide bonds. The number of hydrogen-bond donors (Lipinski definition) is 2. The van der Waals surface area contributed by atoms with Crippen molar-refractivity contribution in [3.8, 4) is 0 Å². The zero-order valence-corrected chi connectivity index (χ0v) is 27.3. The Bertz CT molecular complexity index is 1690. The maximum atomic E-state index is 12.7. The quantitative estimate of drug-likeness (QED) is 0.0621. The van der Waals surface area contributed by atoms with Crippen LogP contribution in [0, 0.1) is 0 Å². The van der Waals surface area contributed by atoms with Gasteiger partial charge in [-0.1, -0.05) is 66.4 Å². The summed E-state index contributed by atoms with van der Waals surface area (Å²) in [7, 11) is -10.9. The maximum Gasteiger partial charge on any atom is 0.193 e. The molecule has 47 heavy (non-hydrogen) atoms. The minimum atomic E-state index is -10.7. The third-order valence-electron chi connectivity index (χ3n) is 6.57. The number of benzene rings is 5. The topological polar surface area (TPSA) is 57.5 Å². The van der Waals surface area contributed by atoms with Crippen LogP contribution in [0.4, 0.5) is 25.2 Å². The third kappa shape index (κ3) is 12.5. The maximum absolute atomic E-state index is 12.7. The average molecular weight is 709 g/mol. The van der Waals surface area contributed by atoms with Crippen LogP contribution in [0.1, 0.15) is 27.0 Å². The first-order valence-corrected chi connectivity index (χ1v) is 18.3. The van der Waals surface area contributed by atoms with Crippen LogP contribution in [-0.4, -0.2) is 29.2 Å². The predicted octanol–water partition coefficient (Wildman–Crippen LogP) is 10.6. The average Bonchev–Trinajstić information content (AvgIpc) is 3.03. The molecule has 0 fully saturated rings. The fourth-order valence-corrected chi connectivity index (χ4v) is 7.32. The van der Waals surface area contributed by atoms with Gasteiger partial charge in [-0.15, -0.1) is 0 Å². The molecule has 248 valence electrons. The van der Waals surface area contributed by atoms with Crippen LogP contribution >= 0.6 is 19.6 Å². The Morgan fingerprint density at radius 3 is 1.26 bits per heavy atom. The van der Waals surface area contributed by atoms with Gasteiger partial charge in [-0.2, -0.15) is 0 Å². The zero-order chi connectivity index (χ0) is 34.1. The molecule has 0 unspecified atom stereocenters. The first-order valence-electron chi connectivity index (χ1n) is 14.3. The number of halogens is 6. The molecule has 0 atom stereocenters. The third-order valence-corrected chi connectivity index (χ3v) is 9.81. The normalized spacial score (nSPS) is 12.9. The van der Waals surface area contributed by atoms with E-state index in [1.807, 2.05) is 54.6 Å². The summed E-state index contributed by atoms with van der Waals surface area (Å²) < 4.78 is 59.2. The number of rotatable bonds is 11. The van der Waals surface area contributed by atoms with Crippen molar-refractivity contribution in [2.45, 2.75) is 37.3 Å². The van der Waals surface area contributed by atoms with E-state index in [1.54, 1.807) is 11.8 Å². The van der Waals surface area contributed by atoms with Crippen LogP contribution in [0.15, 0.2) is 152 Å². The summed E-state index contributed by atoms with van der Waals surface area (Å²) >= 11 is 1.68. The molecule has 0 bridgehead atoms. The van der Waals surface area contributed by atoms with Crippen molar-refractivity contribution >= 4 is 36.2 Å². The van der Waals surface area contributed by atoms with Crippen molar-refractivity contribution in [2.24, 2.45) is 0 Å². The van der Waals surface area contributed by atoms with Gasteiger partial charge in [0.2, 0.25) is 0 Å². The summed E-state index contributed by atoms with van der Waals surface area (Å²) in [6.45, 7) is 0.283. The second kappa shape index (κ2) is 14.7. The summed E-state index contributed by atoms with van der Waals surface area (Å²) in [5, 5.41) is 18.6. The fourth-order valence-electron chi connectivity index (χ4n) is 4.46. The Morgan fingerprint density at radius 1 is 0.532 bits per heavy atom. The summed E-state index contributed by atoms with van der Waals surface area (Å²) in [6, 6.07) is 42.9. The monoisotopic (exact) mass is 708 g/mol. The van der Waals surface area contributed by atoms with E-state index in [-0.39, 0.29) is 29.9 Å². The molecule has 0 aromatic heterocycles. The van der Waals surface area contributed by atoms with Gasteiger partial charge in [0.25, 0.3) is 0 Å². The number of carbonyl (C=O) groups is 1. The van der Waals surface area contributed by atoms with E-state index >= 15 is 0 Å². The van der Waals surface area contributed by atoms with Gasteiger partial charge >= 0.3 is 33.0 Å². The second-order valence-corrected chi connectivity index (χ2v) is 15.4. The van der Waals surface area contributed by atoms with Crippen LogP contribution in [-0.2, 0) is 23.7 Å². The number of hydrogen-bond acceptors (Lipinski definition) is 4. The Hall–Kier alpha value is -3.60. The van der Waals surface area contributed by atoms with Gasteiger partial charge in [-0.3, -0.25) is 4.79 Å². The van der Waals surface area contributed by atoms with Crippen molar-refractivity contribution < 1.29 is 40.2 Å². The number of aliphatic hydroxyl groups excluding tert-OH is 2. The van der Waals surface area contributed by atoms with Gasteiger partial charge in [-0.25, -0.2) is 0 Å². The Morgan fingerprint density at radius 2 is 0.872 bits per heavy atom. The van der Waals surface area contributed by atoms with Crippen molar-refractivity contribution in [3.63, 3.8) is 0 Å². The van der Waals surface area contributed by atoms with E-state index in [1.165, 1.54) is 14.7 Å². The first-order chi connectivity index (χ1) is 22.1. The van der Waals surface area contributed by atoms with Crippen molar-refractivity contribution in [1.29, 1.82) is 0 Å². The van der Waals surface area contributed by atoms with Crippen LogP contribution in [0.2, 0.25) is 0 Å². The van der Waals surface area contributed by atoms with Gasteiger partial charge < -0.3 is 10.2 Å². The molecule has 5 aromatic carbocycles. The molecular weight excluding hydrogens is 677 g/mol. The molecule has 0 aliphatic rings. The largest absolute Gasteiger partial charge is 0.396 e. The Labute approximate surface area is 275 Å². The van der Waals surface area contributed by atoms with Crippen molar-refractivity contribution in [2.75, 3.05) is 13.2 Å². The number of ketones is 1. The van der Waals surface area contributed by atoms with Crippen molar-refractivity contribution in [1.82, 2.24) is 0 Å². The zero-order valence-electron chi connectivity index (χ0n) is 24.8. The molecule has 0 aliphatic carbocycles. The predicted molar refractivity (Wildman–Crippen MR) is 177 cm³/mol. The van der Waals surface area contributed by atoms with Crippen molar-refractivity contribution in [3.05, 3.63) is 150 Å². The molecule has 0 heterocycles. The van der Waals surface area contributed by atoms with Crippen LogP contribution in [0.25, 0.3) is 0 Å². The SMILES string of the molecule is F[P-](F)(F)(F)(F)F.O=C(c1ccccc1)c1ccc(Sc2ccc([S+](c3ccc(CCO)cc3)c3ccc(CCO)cc3)cc2)cc1. The van der Waals surface area contributed by atoms with Crippen LogP contribution < -0.4 is 0 Å². The Balaban J connectivity index is 0.000000644. The van der Waals surface area contributed by atoms with Crippen LogP contribution in [0.3, 0.4) is 0 Å². The van der Waals surface area contributed by atoms with Gasteiger partial charge in [0.1, 0.15) is 0 Å². The molecule has 0 saturated heterocycles. The molecule has 2 N–H and O–H groups in total. The van der Waals surface area contributed by atoms with E-state index in [0.29, 0.717) is 24.0 Å².